The monoisotopic (exact) mass is 452 g/mol. The van der Waals surface area contributed by atoms with Crippen LogP contribution < -0.4 is 10.2 Å². The molecule has 2 atom stereocenters. The van der Waals surface area contributed by atoms with E-state index in [4.69, 9.17) is 16.3 Å². The molecule has 0 unspecified atom stereocenters. The highest BCUT2D eigenvalue weighted by atomic mass is 35.5. The molecule has 0 saturated carbocycles. The van der Waals surface area contributed by atoms with E-state index in [2.05, 4.69) is 5.32 Å². The Bertz CT molecular complexity index is 1100. The molecular weight excluding hydrogens is 432 g/mol. The van der Waals surface area contributed by atoms with E-state index in [9.17, 15) is 19.2 Å². The molecule has 1 aliphatic heterocycles. The van der Waals surface area contributed by atoms with Gasteiger partial charge in [-0.25, -0.2) is 4.79 Å². The number of rotatable bonds is 5. The van der Waals surface area contributed by atoms with Gasteiger partial charge in [0, 0.05) is 10.7 Å². The molecule has 0 spiro atoms. The molecule has 1 saturated heterocycles. The number of hydrogen-bond donors (Lipinski definition) is 1. The summed E-state index contributed by atoms with van der Waals surface area (Å²) in [5, 5.41) is 3.13. The first-order valence-corrected chi connectivity index (χ1v) is 10.6. The first-order chi connectivity index (χ1) is 15.3. The Kier molecular flexibility index (Phi) is 6.10. The topological polar surface area (TPSA) is 92.8 Å². The molecule has 3 amide bonds. The van der Waals surface area contributed by atoms with E-state index in [1.165, 1.54) is 29.2 Å². The van der Waals surface area contributed by atoms with Gasteiger partial charge in [0.1, 0.15) is 0 Å². The lowest BCUT2D eigenvalue weighted by atomic mass is 9.85. The van der Waals surface area contributed by atoms with Crippen LogP contribution in [0.4, 0.5) is 11.4 Å². The van der Waals surface area contributed by atoms with Crippen molar-refractivity contribution in [3.63, 3.8) is 0 Å². The van der Waals surface area contributed by atoms with E-state index >= 15 is 0 Å². The fourth-order valence-corrected chi connectivity index (χ4v) is 4.10. The van der Waals surface area contributed by atoms with Gasteiger partial charge in [-0.3, -0.25) is 19.3 Å². The molecule has 164 valence electrons. The molecule has 2 aliphatic rings. The second-order valence-corrected chi connectivity index (χ2v) is 8.23. The third-order valence-electron chi connectivity index (χ3n) is 5.68. The maximum Gasteiger partial charge on any atom is 0.338 e. The minimum Gasteiger partial charge on any atom is -0.452 e. The predicted octanol–water partition coefficient (Wildman–Crippen LogP) is 3.90. The second kappa shape index (κ2) is 8.96. The van der Waals surface area contributed by atoms with E-state index < -0.39 is 18.5 Å². The minimum atomic E-state index is -0.688. The largest absolute Gasteiger partial charge is 0.452 e. The zero-order valence-corrected chi connectivity index (χ0v) is 18.1. The summed E-state index contributed by atoms with van der Waals surface area (Å²) in [6, 6.07) is 11.1. The molecule has 0 bridgehead atoms. The standard InChI is InChI=1S/C24H21ClN2O5/c1-14-6-9-16(25)12-20(14)26-21(28)13-32-24(31)15-7-10-17(11-8-15)27-22(29)18-4-2-3-5-19(18)23(27)30/h2-3,6-12,18-19H,4-5,13H2,1H3,(H,26,28)/t18-,19-/m1/s1. The number of benzene rings is 2. The first kappa shape index (κ1) is 21.8. The van der Waals surface area contributed by atoms with Crippen LogP contribution in [0.2, 0.25) is 5.02 Å². The maximum absolute atomic E-state index is 12.7. The van der Waals surface area contributed by atoms with Crippen molar-refractivity contribution in [1.29, 1.82) is 0 Å². The Morgan fingerprint density at radius 3 is 2.28 bits per heavy atom. The van der Waals surface area contributed by atoms with Crippen molar-refractivity contribution >= 4 is 46.7 Å². The number of carbonyl (C=O) groups is 4. The molecule has 32 heavy (non-hydrogen) atoms. The summed E-state index contributed by atoms with van der Waals surface area (Å²) in [6.45, 7) is 1.35. The summed E-state index contributed by atoms with van der Waals surface area (Å²) >= 11 is 5.94. The summed E-state index contributed by atoms with van der Waals surface area (Å²) in [7, 11) is 0. The van der Waals surface area contributed by atoms with Crippen molar-refractivity contribution in [3.05, 3.63) is 70.8 Å². The SMILES string of the molecule is Cc1ccc(Cl)cc1NC(=O)COC(=O)c1ccc(N2C(=O)[C@@H]3CC=CC[C@H]3C2=O)cc1. The van der Waals surface area contributed by atoms with E-state index in [1.54, 1.807) is 18.2 Å². The molecule has 1 N–H and O–H groups in total. The van der Waals surface area contributed by atoms with Crippen molar-refractivity contribution in [2.45, 2.75) is 19.8 Å². The number of carbonyl (C=O) groups excluding carboxylic acids is 4. The molecule has 1 aliphatic carbocycles. The number of imide groups is 1. The number of halogens is 1. The average Bonchev–Trinajstić information content (AvgIpc) is 3.05. The molecule has 2 aromatic rings. The van der Waals surface area contributed by atoms with Crippen LogP contribution in [0.15, 0.2) is 54.6 Å². The molecule has 4 rings (SSSR count). The van der Waals surface area contributed by atoms with Crippen molar-refractivity contribution in [2.24, 2.45) is 11.8 Å². The fourth-order valence-electron chi connectivity index (χ4n) is 3.93. The van der Waals surface area contributed by atoms with Crippen molar-refractivity contribution < 1.29 is 23.9 Å². The Morgan fingerprint density at radius 1 is 1.03 bits per heavy atom. The van der Waals surface area contributed by atoms with Gasteiger partial charge in [-0.05, 0) is 61.7 Å². The number of nitrogens with one attached hydrogen (secondary N) is 1. The summed E-state index contributed by atoms with van der Waals surface area (Å²) in [4.78, 5) is 51.0. The highest BCUT2D eigenvalue weighted by molar-refractivity contribution is 6.31. The number of ether oxygens (including phenoxy) is 1. The summed E-state index contributed by atoms with van der Waals surface area (Å²) in [6.07, 6.45) is 4.98. The normalized spacial score (nSPS) is 19.6. The van der Waals surface area contributed by atoms with Gasteiger partial charge in [0.05, 0.1) is 23.1 Å². The molecule has 1 fully saturated rings. The highest BCUT2D eigenvalue weighted by Crippen LogP contribution is 2.37. The van der Waals surface area contributed by atoms with Gasteiger partial charge in [0.25, 0.3) is 5.91 Å². The molecule has 1 heterocycles. The molecule has 7 nitrogen and oxygen atoms in total. The van der Waals surface area contributed by atoms with E-state index in [0.717, 1.165) is 5.56 Å². The van der Waals surface area contributed by atoms with Crippen LogP contribution >= 0.6 is 11.6 Å². The summed E-state index contributed by atoms with van der Waals surface area (Å²) in [5.41, 5.74) is 1.99. The second-order valence-electron chi connectivity index (χ2n) is 7.80. The molecule has 2 aromatic carbocycles. The third-order valence-corrected chi connectivity index (χ3v) is 5.91. The predicted molar refractivity (Wildman–Crippen MR) is 119 cm³/mol. The number of anilines is 2. The van der Waals surface area contributed by atoms with E-state index in [1.807, 2.05) is 19.1 Å². The lowest BCUT2D eigenvalue weighted by Crippen LogP contribution is -2.30. The lowest BCUT2D eigenvalue weighted by molar-refractivity contribution is -0.122. The van der Waals surface area contributed by atoms with Crippen LogP contribution in [-0.2, 0) is 19.1 Å². The van der Waals surface area contributed by atoms with Crippen molar-refractivity contribution in [2.75, 3.05) is 16.8 Å². The summed E-state index contributed by atoms with van der Waals surface area (Å²) in [5.74, 6) is -2.26. The van der Waals surface area contributed by atoms with Crippen LogP contribution in [-0.4, -0.2) is 30.3 Å². The number of esters is 1. The van der Waals surface area contributed by atoms with E-state index in [-0.39, 0.29) is 29.2 Å². The van der Waals surface area contributed by atoms with Crippen LogP contribution in [0.25, 0.3) is 0 Å². The van der Waals surface area contributed by atoms with Crippen LogP contribution in [0.3, 0.4) is 0 Å². The third kappa shape index (κ3) is 4.29. The zero-order valence-electron chi connectivity index (χ0n) is 17.3. The Balaban J connectivity index is 1.36. The Labute approximate surface area is 190 Å². The van der Waals surface area contributed by atoms with Gasteiger partial charge >= 0.3 is 5.97 Å². The van der Waals surface area contributed by atoms with Crippen LogP contribution in [0.5, 0.6) is 0 Å². The van der Waals surface area contributed by atoms with Crippen LogP contribution in [0.1, 0.15) is 28.8 Å². The Hall–Kier alpha value is -3.45. The number of aryl methyl sites for hydroxylation is 1. The molecule has 0 radical (unpaired) electrons. The fraction of sp³-hybridized carbons (Fsp3) is 0.250. The lowest BCUT2D eigenvalue weighted by Gasteiger charge is -2.15. The summed E-state index contributed by atoms with van der Waals surface area (Å²) < 4.78 is 5.08. The number of fused-ring (bicyclic) bond motifs is 1. The average molecular weight is 453 g/mol. The highest BCUT2D eigenvalue weighted by Gasteiger charge is 2.47. The van der Waals surface area contributed by atoms with Gasteiger partial charge in [0.2, 0.25) is 11.8 Å². The van der Waals surface area contributed by atoms with Gasteiger partial charge in [-0.15, -0.1) is 0 Å². The van der Waals surface area contributed by atoms with E-state index in [0.29, 0.717) is 29.2 Å². The van der Waals surface area contributed by atoms with Crippen LogP contribution in [0, 0.1) is 18.8 Å². The van der Waals surface area contributed by atoms with Gasteiger partial charge < -0.3 is 10.1 Å². The molecular formula is C24H21ClN2O5. The molecule has 8 heteroatoms. The zero-order chi connectivity index (χ0) is 22.8. The number of amides is 3. The quantitative estimate of drug-likeness (QED) is 0.422. The number of allylic oxidation sites excluding steroid dienone is 2. The smallest absolute Gasteiger partial charge is 0.338 e. The first-order valence-electron chi connectivity index (χ1n) is 10.2. The number of nitrogens with zero attached hydrogens (tertiary/aromatic N) is 1. The van der Waals surface area contributed by atoms with Crippen molar-refractivity contribution in [3.8, 4) is 0 Å². The Morgan fingerprint density at radius 2 is 1.66 bits per heavy atom. The molecule has 0 aromatic heterocycles. The van der Waals surface area contributed by atoms with Gasteiger partial charge in [-0.1, -0.05) is 29.8 Å². The number of hydrogen-bond acceptors (Lipinski definition) is 5. The van der Waals surface area contributed by atoms with Crippen molar-refractivity contribution in [1.82, 2.24) is 0 Å². The minimum absolute atomic E-state index is 0.207. The maximum atomic E-state index is 12.7. The van der Waals surface area contributed by atoms with Gasteiger partial charge in [-0.2, -0.15) is 0 Å². The van der Waals surface area contributed by atoms with Gasteiger partial charge in [0.15, 0.2) is 6.61 Å².